The molecule has 1 heterocycles. The van der Waals surface area contributed by atoms with Gasteiger partial charge in [0.1, 0.15) is 11.6 Å². The molecule has 8 nitrogen and oxygen atoms in total. The maximum atomic E-state index is 10.9. The molecule has 1 unspecified atom stereocenters. The number of fused-ring (bicyclic) bond motifs is 1. The molecule has 20 heavy (non-hydrogen) atoms. The van der Waals surface area contributed by atoms with Gasteiger partial charge in [0.25, 0.3) is 5.69 Å². The van der Waals surface area contributed by atoms with E-state index >= 15 is 0 Å². The lowest BCUT2D eigenvalue weighted by Gasteiger charge is -2.11. The number of primary amides is 1. The fraction of sp³-hybridized carbons (Fsp3) is 0.167. The van der Waals surface area contributed by atoms with Crippen molar-refractivity contribution in [1.29, 1.82) is 0 Å². The first kappa shape index (κ1) is 13.7. The van der Waals surface area contributed by atoms with Crippen LogP contribution in [0.25, 0.3) is 10.9 Å². The highest BCUT2D eigenvalue weighted by Crippen LogP contribution is 2.29. The molecule has 0 aliphatic rings. The molecule has 8 heteroatoms. The second kappa shape index (κ2) is 5.49. The molecule has 0 bridgehead atoms. The SMILES string of the molecule is NC(=O)C(O)CNc1ccc([N+](=O)[O-])c2cccnc12. The van der Waals surface area contributed by atoms with Gasteiger partial charge in [-0.2, -0.15) is 0 Å². The lowest BCUT2D eigenvalue weighted by Crippen LogP contribution is -2.34. The number of nitro groups is 1. The summed E-state index contributed by atoms with van der Waals surface area (Å²) in [5.41, 5.74) is 5.75. The highest BCUT2D eigenvalue weighted by Gasteiger charge is 2.16. The largest absolute Gasteiger partial charge is 0.381 e. The Kier molecular flexibility index (Phi) is 3.76. The number of nitrogens with two attached hydrogens (primary N) is 1. The van der Waals surface area contributed by atoms with E-state index in [0.717, 1.165) is 0 Å². The maximum absolute atomic E-state index is 10.9. The lowest BCUT2D eigenvalue weighted by atomic mass is 10.1. The Labute approximate surface area is 113 Å². The van der Waals surface area contributed by atoms with E-state index in [1.165, 1.54) is 18.3 Å². The number of hydrogen-bond donors (Lipinski definition) is 3. The van der Waals surface area contributed by atoms with Gasteiger partial charge in [-0.3, -0.25) is 19.9 Å². The van der Waals surface area contributed by atoms with E-state index in [0.29, 0.717) is 16.6 Å². The minimum absolute atomic E-state index is 0.0610. The van der Waals surface area contributed by atoms with Crippen molar-refractivity contribution in [2.75, 3.05) is 11.9 Å². The van der Waals surface area contributed by atoms with Crippen LogP contribution in [0.3, 0.4) is 0 Å². The first-order valence-corrected chi connectivity index (χ1v) is 5.74. The van der Waals surface area contributed by atoms with Crippen molar-refractivity contribution in [2.45, 2.75) is 6.10 Å². The number of aliphatic hydroxyl groups is 1. The van der Waals surface area contributed by atoms with Gasteiger partial charge in [-0.1, -0.05) is 0 Å². The van der Waals surface area contributed by atoms with E-state index in [2.05, 4.69) is 10.3 Å². The Morgan fingerprint density at radius 2 is 2.25 bits per heavy atom. The Bertz CT molecular complexity index is 674. The first-order valence-electron chi connectivity index (χ1n) is 5.74. The average Bonchev–Trinajstić information content (AvgIpc) is 2.43. The van der Waals surface area contributed by atoms with Crippen LogP contribution in [-0.4, -0.2) is 33.6 Å². The highest BCUT2D eigenvalue weighted by molar-refractivity contribution is 5.96. The number of rotatable bonds is 5. The predicted molar refractivity (Wildman–Crippen MR) is 72.1 cm³/mol. The van der Waals surface area contributed by atoms with Gasteiger partial charge in [0.2, 0.25) is 5.91 Å². The van der Waals surface area contributed by atoms with Gasteiger partial charge >= 0.3 is 0 Å². The van der Waals surface area contributed by atoms with Crippen molar-refractivity contribution < 1.29 is 14.8 Å². The molecule has 0 aliphatic heterocycles. The summed E-state index contributed by atoms with van der Waals surface area (Å²) in [6, 6.07) is 5.98. The van der Waals surface area contributed by atoms with Crippen LogP contribution in [0, 0.1) is 10.1 Å². The third-order valence-electron chi connectivity index (χ3n) is 2.76. The highest BCUT2D eigenvalue weighted by atomic mass is 16.6. The molecular formula is C12H12N4O4. The fourth-order valence-corrected chi connectivity index (χ4v) is 1.77. The summed E-state index contributed by atoms with van der Waals surface area (Å²) >= 11 is 0. The summed E-state index contributed by atoms with van der Waals surface area (Å²) in [7, 11) is 0. The number of aliphatic hydroxyl groups excluding tert-OH is 1. The molecule has 0 saturated carbocycles. The number of amides is 1. The predicted octanol–water partition coefficient (Wildman–Crippen LogP) is 0.401. The molecule has 104 valence electrons. The number of anilines is 1. The topological polar surface area (TPSA) is 131 Å². The summed E-state index contributed by atoms with van der Waals surface area (Å²) in [6.07, 6.45) is 0.158. The summed E-state index contributed by atoms with van der Waals surface area (Å²) in [6.45, 7) is -0.0984. The second-order valence-electron chi connectivity index (χ2n) is 4.09. The molecule has 2 aromatic rings. The summed E-state index contributed by atoms with van der Waals surface area (Å²) in [5, 5.41) is 23.4. The van der Waals surface area contributed by atoms with Crippen LogP contribution in [0.15, 0.2) is 30.5 Å². The van der Waals surface area contributed by atoms with Gasteiger partial charge in [-0.15, -0.1) is 0 Å². The number of aromatic nitrogens is 1. The molecule has 1 aromatic carbocycles. The van der Waals surface area contributed by atoms with Gasteiger partial charge in [-0.05, 0) is 18.2 Å². The minimum Gasteiger partial charge on any atom is -0.381 e. The van der Waals surface area contributed by atoms with Crippen LogP contribution < -0.4 is 11.1 Å². The second-order valence-corrected chi connectivity index (χ2v) is 4.09. The van der Waals surface area contributed by atoms with E-state index < -0.39 is 16.9 Å². The minimum atomic E-state index is -1.34. The van der Waals surface area contributed by atoms with Gasteiger partial charge in [0.05, 0.1) is 16.0 Å². The number of nitrogens with zero attached hydrogens (tertiary/aromatic N) is 2. The quantitative estimate of drug-likeness (QED) is 0.535. The van der Waals surface area contributed by atoms with Crippen LogP contribution in [0.2, 0.25) is 0 Å². The van der Waals surface area contributed by atoms with Crippen molar-refractivity contribution >= 4 is 28.2 Å². The number of carbonyl (C=O) groups is 1. The van der Waals surface area contributed by atoms with Crippen molar-refractivity contribution in [1.82, 2.24) is 4.98 Å². The van der Waals surface area contributed by atoms with Gasteiger partial charge in [0, 0.05) is 18.8 Å². The summed E-state index contributed by atoms with van der Waals surface area (Å²) < 4.78 is 0. The van der Waals surface area contributed by atoms with E-state index in [4.69, 9.17) is 5.73 Å². The third kappa shape index (κ3) is 2.64. The van der Waals surface area contributed by atoms with Crippen molar-refractivity contribution in [3.63, 3.8) is 0 Å². The zero-order valence-electron chi connectivity index (χ0n) is 10.3. The molecule has 1 amide bonds. The number of pyridine rings is 1. The van der Waals surface area contributed by atoms with Crippen LogP contribution >= 0.6 is 0 Å². The average molecular weight is 276 g/mol. The smallest absolute Gasteiger partial charge is 0.278 e. The van der Waals surface area contributed by atoms with Crippen molar-refractivity contribution in [3.05, 3.63) is 40.6 Å². The normalized spacial score (nSPS) is 12.1. The number of carbonyl (C=O) groups excluding carboxylic acids is 1. The number of nitro benzene ring substituents is 1. The zero-order chi connectivity index (χ0) is 14.7. The zero-order valence-corrected chi connectivity index (χ0v) is 10.3. The van der Waals surface area contributed by atoms with E-state index in [1.54, 1.807) is 12.1 Å². The van der Waals surface area contributed by atoms with Crippen LogP contribution in [0.4, 0.5) is 11.4 Å². The molecule has 0 radical (unpaired) electrons. The Morgan fingerprint density at radius 1 is 1.50 bits per heavy atom. The molecule has 4 N–H and O–H groups in total. The molecule has 0 fully saturated rings. The first-order chi connectivity index (χ1) is 9.50. The fourth-order valence-electron chi connectivity index (χ4n) is 1.77. The van der Waals surface area contributed by atoms with E-state index in [1.807, 2.05) is 0 Å². The Hall–Kier alpha value is -2.74. The maximum Gasteiger partial charge on any atom is 0.278 e. The van der Waals surface area contributed by atoms with Crippen LogP contribution in [-0.2, 0) is 4.79 Å². The molecule has 0 aliphatic carbocycles. The van der Waals surface area contributed by atoms with E-state index in [9.17, 15) is 20.0 Å². The molecule has 0 spiro atoms. The van der Waals surface area contributed by atoms with Crippen molar-refractivity contribution in [3.8, 4) is 0 Å². The molecule has 0 saturated heterocycles. The number of nitrogens with one attached hydrogen (secondary N) is 1. The molecule has 1 aromatic heterocycles. The number of non-ortho nitro benzene ring substituents is 1. The molecule has 1 atom stereocenters. The number of hydrogen-bond acceptors (Lipinski definition) is 6. The lowest BCUT2D eigenvalue weighted by molar-refractivity contribution is -0.383. The number of benzene rings is 1. The summed E-state index contributed by atoms with van der Waals surface area (Å²) in [4.78, 5) is 25.3. The van der Waals surface area contributed by atoms with E-state index in [-0.39, 0.29) is 12.2 Å². The standard InChI is InChI=1S/C12H12N4O4/c13-12(18)10(17)6-15-8-3-4-9(16(19)20)7-2-1-5-14-11(7)8/h1-5,10,15,17H,6H2,(H2,13,18). The van der Waals surface area contributed by atoms with Crippen LogP contribution in [0.1, 0.15) is 0 Å². The Morgan fingerprint density at radius 3 is 2.90 bits per heavy atom. The molecular weight excluding hydrogens is 264 g/mol. The van der Waals surface area contributed by atoms with Gasteiger partial charge in [0.15, 0.2) is 0 Å². The van der Waals surface area contributed by atoms with Crippen LogP contribution in [0.5, 0.6) is 0 Å². The van der Waals surface area contributed by atoms with Crippen molar-refractivity contribution in [2.24, 2.45) is 5.73 Å². The third-order valence-corrected chi connectivity index (χ3v) is 2.76. The van der Waals surface area contributed by atoms with Gasteiger partial charge < -0.3 is 16.2 Å². The Balaban J connectivity index is 2.38. The van der Waals surface area contributed by atoms with Gasteiger partial charge in [-0.25, -0.2) is 0 Å². The summed E-state index contributed by atoms with van der Waals surface area (Å²) in [5.74, 6) is -0.850. The molecule has 2 rings (SSSR count). The monoisotopic (exact) mass is 276 g/mol.